The Morgan fingerprint density at radius 2 is 0.931 bits per heavy atom. The van der Waals surface area contributed by atoms with E-state index in [-0.39, 0.29) is 40.9 Å². The van der Waals surface area contributed by atoms with Crippen molar-refractivity contribution in [2.24, 2.45) is 40.9 Å². The van der Waals surface area contributed by atoms with E-state index in [9.17, 15) is 77.4 Å². The van der Waals surface area contributed by atoms with Crippen molar-refractivity contribution in [3.63, 3.8) is 0 Å². The number of hydrogen-bond acceptors (Lipinski definition) is 36. The van der Waals surface area contributed by atoms with Gasteiger partial charge >= 0.3 is 10.4 Å². The molecule has 39 nitrogen and oxygen atoms in total. The van der Waals surface area contributed by atoms with Gasteiger partial charge < -0.3 is 16.4 Å². The Bertz CT molecular complexity index is 4350. The number of sulfone groups is 3. The van der Waals surface area contributed by atoms with Gasteiger partial charge in [-0.1, -0.05) is 10.1 Å². The molecular weight excluding hydrogens is 1360 g/mol. The van der Waals surface area contributed by atoms with Crippen molar-refractivity contribution in [2.75, 3.05) is 60.5 Å². The van der Waals surface area contributed by atoms with E-state index in [1.54, 1.807) is 0 Å². The van der Waals surface area contributed by atoms with E-state index in [1.807, 2.05) is 0 Å². The topological polar surface area (TPSA) is 591 Å². The van der Waals surface area contributed by atoms with Crippen LogP contribution in [0.4, 0.5) is 62.6 Å². The first-order chi connectivity index (χ1) is 40.5. The average Bonchev–Trinajstić information content (AvgIpc) is 1.15. The van der Waals surface area contributed by atoms with Crippen LogP contribution in [-0.2, 0) is 106 Å². The molecule has 0 radical (unpaired) electrons. The molecule has 1 amide bonds. The minimum atomic E-state index is -5.46. The molecule has 0 spiro atoms. The van der Waals surface area contributed by atoms with Crippen LogP contribution in [0.2, 0.25) is 0 Å². The maximum atomic E-state index is 13.1. The van der Waals surface area contributed by atoms with Gasteiger partial charge in [0, 0.05) is 14.0 Å². The molecule has 10 N–H and O–H groups in total. The van der Waals surface area contributed by atoms with Crippen molar-refractivity contribution in [3.05, 3.63) is 78.9 Å². The van der Waals surface area contributed by atoms with Crippen LogP contribution in [0.3, 0.4) is 0 Å². The van der Waals surface area contributed by atoms with E-state index in [1.165, 1.54) is 19.2 Å². The zero-order valence-corrected chi connectivity index (χ0v) is 50.6. The lowest BCUT2D eigenvalue weighted by atomic mass is 10.1. The Labute approximate surface area is 500 Å². The van der Waals surface area contributed by atoms with E-state index in [0.29, 0.717) is 24.3 Å². The summed E-state index contributed by atoms with van der Waals surface area (Å²) in [4.78, 5) is 7.17. The lowest BCUT2D eigenvalue weighted by Crippen LogP contribution is -2.16. The first-order valence-electron chi connectivity index (χ1n) is 22.4. The largest absolute Gasteiger partial charge is 0.397 e. The van der Waals surface area contributed by atoms with Crippen molar-refractivity contribution in [1.82, 2.24) is 0 Å². The third-order valence-corrected chi connectivity index (χ3v) is 19.2. The highest BCUT2D eigenvalue weighted by Crippen LogP contribution is 2.48. The molecule has 0 atom stereocenters. The van der Waals surface area contributed by atoms with Gasteiger partial charge in [-0.3, -0.25) is 31.4 Å². The number of carbonyl (C=O) groups is 1. The molecule has 0 unspecified atom stereocenters. The van der Waals surface area contributed by atoms with Crippen LogP contribution in [0, 0.1) is 0 Å². The predicted octanol–water partition coefficient (Wildman–Crippen LogP) is 6.81. The summed E-state index contributed by atoms with van der Waals surface area (Å²) in [7, 11) is -33.2. The standard InChI is InChI=1S/C39H41N11O28S9/c1-22(51)42-29-19-31(36(86(66,67)68)21-30(29)46-43-23-3-5-24(6-4-23)81(54,55)14-11-72-79-77-75-52)47-48-32-20-33(49-44-27-9-7-25(17-34(27)84(60,61)62)82(56,57)15-12-73-80-78-76-53)38(41-2)39(37(32)40)50-45-28-10-8-26(18-35(28)85(63,64)65)83(58,59)16-13-74-87(69,70)71/h3-10,17-21,41,52-53H,11-16,40H2,1-2H3,(H,42,51)(H,60,61,62)(H,63,64,65)(H,66,67,68)(H,69,70,71). The number of amides is 1. The van der Waals surface area contributed by atoms with Crippen LogP contribution in [0.1, 0.15) is 6.92 Å². The molecule has 48 heteroatoms. The molecule has 0 heterocycles. The summed E-state index contributed by atoms with van der Waals surface area (Å²) in [5.74, 6) is -3.35. The average molecular weight is 1400 g/mol. The second-order valence-electron chi connectivity index (χ2n) is 16.1. The highest BCUT2D eigenvalue weighted by atomic mass is 32.3. The van der Waals surface area contributed by atoms with E-state index in [4.69, 9.17) is 29.2 Å². The van der Waals surface area contributed by atoms with Gasteiger partial charge in [0.1, 0.15) is 54.5 Å². The van der Waals surface area contributed by atoms with Crippen LogP contribution >= 0.6 is 24.6 Å². The van der Waals surface area contributed by atoms with Gasteiger partial charge in [-0.2, -0.15) is 38.8 Å². The van der Waals surface area contributed by atoms with Crippen LogP contribution in [0.25, 0.3) is 0 Å². The summed E-state index contributed by atoms with van der Waals surface area (Å²) >= 11 is 0.185. The molecule has 474 valence electrons. The fourth-order valence-electron chi connectivity index (χ4n) is 6.51. The van der Waals surface area contributed by atoms with E-state index in [0.717, 1.165) is 49.4 Å². The second kappa shape index (κ2) is 30.1. The number of anilines is 3. The highest BCUT2D eigenvalue weighted by Gasteiger charge is 2.27. The molecule has 87 heavy (non-hydrogen) atoms. The third kappa shape index (κ3) is 20.8. The Morgan fingerprint density at radius 3 is 1.40 bits per heavy atom. The summed E-state index contributed by atoms with van der Waals surface area (Å²) in [5.41, 5.74) is 0.373. The molecule has 5 rings (SSSR count). The number of nitrogens with one attached hydrogen (secondary N) is 2. The molecular formula is C39H41N11O28S9. The van der Waals surface area contributed by atoms with Gasteiger partial charge in [0.2, 0.25) is 5.91 Å². The minimum absolute atomic E-state index is 0.0335. The molecule has 0 saturated carbocycles. The minimum Gasteiger partial charge on any atom is -0.395 e. The molecule has 0 aliphatic heterocycles. The van der Waals surface area contributed by atoms with Crippen molar-refractivity contribution >= 4 is 163 Å². The normalized spacial score (nSPS) is 13.1. The number of rotatable bonds is 32. The monoisotopic (exact) mass is 1400 g/mol. The number of carbonyl (C=O) groups excluding carboxylic acids is 1. The van der Waals surface area contributed by atoms with E-state index in [2.05, 4.69) is 74.5 Å². The smallest absolute Gasteiger partial charge is 0.395 e. The molecule has 0 fully saturated rings. The lowest BCUT2D eigenvalue weighted by molar-refractivity contribution is -0.434. The van der Waals surface area contributed by atoms with Gasteiger partial charge in [0.05, 0.1) is 74.5 Å². The molecule has 0 bridgehead atoms. The fourth-order valence-corrected chi connectivity index (χ4v) is 12.9. The Kier molecular flexibility index (Phi) is 24.6. The number of nitrogens with two attached hydrogens (primary N) is 1. The number of nitrogen functional groups attached to an aromatic ring is 1. The van der Waals surface area contributed by atoms with Crippen LogP contribution in [-0.4, -0.2) is 138 Å². The van der Waals surface area contributed by atoms with Crippen LogP contribution < -0.4 is 16.4 Å². The lowest BCUT2D eigenvalue weighted by Gasteiger charge is -2.13. The van der Waals surface area contributed by atoms with Gasteiger partial charge in [-0.25, -0.2) is 40.0 Å². The summed E-state index contributed by atoms with van der Waals surface area (Å²) in [6.45, 7) is -1.15. The first-order valence-corrected chi connectivity index (χ1v) is 34.4. The van der Waals surface area contributed by atoms with Gasteiger partial charge in [0.25, 0.3) is 30.4 Å². The van der Waals surface area contributed by atoms with E-state index >= 15 is 0 Å². The maximum absolute atomic E-state index is 13.1. The summed E-state index contributed by atoms with van der Waals surface area (Å²) in [6.07, 6.45) is 0. The molecule has 0 aliphatic carbocycles. The van der Waals surface area contributed by atoms with Crippen molar-refractivity contribution in [3.8, 4) is 0 Å². The second-order valence-corrected chi connectivity index (χ2v) is 28.7. The summed E-state index contributed by atoms with van der Waals surface area (Å²) < 4.78 is 237. The van der Waals surface area contributed by atoms with Crippen molar-refractivity contribution in [1.29, 1.82) is 0 Å². The maximum Gasteiger partial charge on any atom is 0.397 e. The number of hydrogen-bond donors (Lipinski definition) is 9. The zero-order valence-electron chi connectivity index (χ0n) is 43.2. The molecule has 5 aromatic rings. The summed E-state index contributed by atoms with van der Waals surface area (Å²) in [5, 5.41) is 59.3. The van der Waals surface area contributed by atoms with Gasteiger partial charge in [-0.05, 0) is 78.9 Å². The van der Waals surface area contributed by atoms with Crippen molar-refractivity contribution in [2.45, 2.75) is 36.3 Å². The predicted molar refractivity (Wildman–Crippen MR) is 297 cm³/mol. The number of azo groups is 4. The zero-order chi connectivity index (χ0) is 64.8. The van der Waals surface area contributed by atoms with Crippen molar-refractivity contribution < 1.29 is 124 Å². The Balaban J connectivity index is 1.70. The molecule has 5 aromatic carbocycles. The highest BCUT2D eigenvalue weighted by molar-refractivity contribution is 7.92. The van der Waals surface area contributed by atoms with Crippen LogP contribution in [0.15, 0.2) is 149 Å². The van der Waals surface area contributed by atoms with E-state index < -0.39 is 189 Å². The fraction of sp³-hybridized carbons (Fsp3) is 0.205. The van der Waals surface area contributed by atoms with Crippen LogP contribution in [0.5, 0.6) is 0 Å². The van der Waals surface area contributed by atoms with Gasteiger partial charge in [-0.15, -0.1) is 44.5 Å². The SMILES string of the molecule is CNc1c(N=Nc2ccc(S(=O)(=O)CCOSOOO)cc2S(=O)(=O)O)cc(N=Nc2cc(NC(C)=O)c(N=Nc3ccc(S(=O)(=O)CCOSOOO)cc3)cc2S(=O)(=O)O)c(N)c1N=Nc1ccc(S(=O)(=O)CCOS(=O)(=O)O)cc1S(=O)(=O)O. The quantitative estimate of drug-likeness (QED) is 0.00406. The Morgan fingerprint density at radius 1 is 0.506 bits per heavy atom. The molecule has 0 saturated heterocycles. The first kappa shape index (κ1) is 71.2. The molecule has 0 aromatic heterocycles. The van der Waals surface area contributed by atoms with Gasteiger partial charge in [0.15, 0.2) is 54.2 Å². The third-order valence-electron chi connectivity index (χ3n) is 10.3. The molecule has 0 aliphatic rings. The Hall–Kier alpha value is -6.60. The number of benzene rings is 5. The number of nitrogens with zero attached hydrogens (tertiary/aromatic N) is 8. The summed E-state index contributed by atoms with van der Waals surface area (Å²) in [6, 6.07) is 10.9.